The van der Waals surface area contributed by atoms with E-state index in [2.05, 4.69) is 9.99 Å². The second-order valence-corrected chi connectivity index (χ2v) is 7.70. The van der Waals surface area contributed by atoms with Crippen LogP contribution in [-0.2, 0) is 19.2 Å². The Morgan fingerprint density at radius 2 is 1.90 bits per heavy atom. The number of aliphatic carboxylic acids is 1. The maximum Gasteiger partial charge on any atom is 0.353 e. The second-order valence-electron chi connectivity index (χ2n) is 5.79. The Bertz CT molecular complexity index is 938. The summed E-state index contributed by atoms with van der Waals surface area (Å²) in [4.78, 5) is 39.2. The van der Waals surface area contributed by atoms with Gasteiger partial charge in [0, 0.05) is 5.75 Å². The van der Waals surface area contributed by atoms with Gasteiger partial charge in [-0.15, -0.1) is 11.8 Å². The number of methoxy groups -OCH3 is 1. The minimum atomic E-state index is -1.22. The molecule has 0 aliphatic carbocycles. The van der Waals surface area contributed by atoms with E-state index in [1.807, 2.05) is 0 Å². The molecule has 162 valence electrons. The summed E-state index contributed by atoms with van der Waals surface area (Å²) < 4.78 is 5.00. The summed E-state index contributed by atoms with van der Waals surface area (Å²) in [6.45, 7) is 0. The van der Waals surface area contributed by atoms with Crippen molar-refractivity contribution < 1.29 is 34.2 Å². The quantitative estimate of drug-likeness (QED) is 0.255. The van der Waals surface area contributed by atoms with E-state index in [9.17, 15) is 19.5 Å². The highest BCUT2D eigenvalue weighted by Crippen LogP contribution is 2.39. The van der Waals surface area contributed by atoms with E-state index >= 15 is 0 Å². The average molecular weight is 478 g/mol. The molecule has 3 rings (SSSR count). The molecule has 1 fully saturated rings. The van der Waals surface area contributed by atoms with Crippen LogP contribution in [0.15, 0.2) is 34.6 Å². The van der Waals surface area contributed by atoms with Gasteiger partial charge in [-0.2, -0.15) is 0 Å². The number of nitrogens with zero attached hydrogens (tertiary/aromatic N) is 2. The van der Waals surface area contributed by atoms with E-state index in [-0.39, 0.29) is 27.6 Å². The lowest BCUT2D eigenvalue weighted by Crippen LogP contribution is -2.68. The van der Waals surface area contributed by atoms with Crippen molar-refractivity contribution in [1.82, 2.24) is 4.90 Å². The number of aromatic carboxylic acids is 1. The van der Waals surface area contributed by atoms with Crippen molar-refractivity contribution in [2.75, 3.05) is 20.0 Å². The van der Waals surface area contributed by atoms with Gasteiger partial charge in [0.25, 0.3) is 5.90 Å². The zero-order chi connectivity index (χ0) is 22.6. The number of rotatable bonds is 4. The topological polar surface area (TPSA) is 152 Å². The molecule has 1 aromatic rings. The molecule has 30 heavy (non-hydrogen) atoms. The third-order valence-corrected chi connectivity index (χ3v) is 6.04. The highest BCUT2D eigenvalue weighted by Gasteiger charge is 2.52. The number of carbonyl (C=O) groups excluding carboxylic acids is 1. The lowest BCUT2D eigenvalue weighted by Gasteiger charge is -2.47. The highest BCUT2D eigenvalue weighted by atomic mass is 35.5. The Morgan fingerprint density at radius 3 is 2.40 bits per heavy atom. The third-order valence-electron chi connectivity index (χ3n) is 4.00. The SMILES string of the molecule is CON=C(OC)C1=C(C(=O)O)N2C(=O)[C@@H](N)[C@@H]2SC1.O=C(O)c1ccc(Cl)c(Cl)c1. The summed E-state index contributed by atoms with van der Waals surface area (Å²) in [5.74, 6) is -2.27. The predicted octanol–water partition coefficient (Wildman–Crippen LogP) is 1.87. The van der Waals surface area contributed by atoms with Crippen molar-refractivity contribution >= 4 is 58.7 Å². The number of carboxylic acid groups (broad SMARTS) is 2. The fourth-order valence-corrected chi connectivity index (χ4v) is 4.19. The zero-order valence-corrected chi connectivity index (χ0v) is 18.0. The number of amides is 1. The van der Waals surface area contributed by atoms with Gasteiger partial charge >= 0.3 is 11.9 Å². The molecule has 2 aliphatic heterocycles. The Morgan fingerprint density at radius 1 is 1.23 bits per heavy atom. The van der Waals surface area contributed by atoms with E-state index in [0.29, 0.717) is 16.3 Å². The molecule has 2 heterocycles. The number of ether oxygens (including phenoxy) is 1. The van der Waals surface area contributed by atoms with Crippen molar-refractivity contribution in [2.24, 2.45) is 10.9 Å². The van der Waals surface area contributed by atoms with Crippen molar-refractivity contribution in [3.63, 3.8) is 0 Å². The Hall–Kier alpha value is -2.47. The van der Waals surface area contributed by atoms with Gasteiger partial charge in [-0.3, -0.25) is 9.69 Å². The van der Waals surface area contributed by atoms with Crippen molar-refractivity contribution in [3.05, 3.63) is 45.1 Å². The number of thioether (sulfide) groups is 1. The fourth-order valence-electron chi connectivity index (χ4n) is 2.61. The van der Waals surface area contributed by atoms with E-state index in [4.69, 9.17) is 38.8 Å². The number of β-lactam (4-membered cyclic amide) rings is 1. The highest BCUT2D eigenvalue weighted by molar-refractivity contribution is 8.00. The zero-order valence-electron chi connectivity index (χ0n) is 15.7. The lowest BCUT2D eigenvalue weighted by molar-refractivity contribution is -0.147. The van der Waals surface area contributed by atoms with Crippen molar-refractivity contribution in [2.45, 2.75) is 11.4 Å². The Labute approximate surface area is 185 Å². The van der Waals surface area contributed by atoms with Crippen LogP contribution in [0.3, 0.4) is 0 Å². The van der Waals surface area contributed by atoms with Gasteiger partial charge in [-0.1, -0.05) is 23.2 Å². The van der Waals surface area contributed by atoms with E-state index < -0.39 is 23.9 Å². The Kier molecular flexibility index (Phi) is 7.96. The largest absolute Gasteiger partial charge is 0.479 e. The normalized spacial score (nSPS) is 20.5. The summed E-state index contributed by atoms with van der Waals surface area (Å²) in [5, 5.41) is 21.7. The van der Waals surface area contributed by atoms with Crippen LogP contribution >= 0.6 is 35.0 Å². The number of nitrogens with two attached hydrogens (primary N) is 1. The van der Waals surface area contributed by atoms with Crippen LogP contribution in [0.25, 0.3) is 0 Å². The minimum absolute atomic E-state index is 0.0409. The lowest BCUT2D eigenvalue weighted by atomic mass is 10.0. The first-order chi connectivity index (χ1) is 14.1. The fraction of sp³-hybridized carbons (Fsp3) is 0.294. The molecule has 1 aromatic carbocycles. The van der Waals surface area contributed by atoms with Gasteiger partial charge < -0.3 is 25.5 Å². The second kappa shape index (κ2) is 10.0. The van der Waals surface area contributed by atoms with Gasteiger partial charge in [-0.05, 0) is 23.4 Å². The molecule has 0 bridgehead atoms. The maximum absolute atomic E-state index is 11.7. The van der Waals surface area contributed by atoms with Crippen LogP contribution < -0.4 is 5.73 Å². The van der Waals surface area contributed by atoms with Gasteiger partial charge in [0.15, 0.2) is 0 Å². The van der Waals surface area contributed by atoms with Gasteiger partial charge in [0.2, 0.25) is 5.91 Å². The summed E-state index contributed by atoms with van der Waals surface area (Å²) >= 11 is 12.5. The summed E-state index contributed by atoms with van der Waals surface area (Å²) in [6, 6.07) is 3.50. The van der Waals surface area contributed by atoms with Gasteiger partial charge in [0.1, 0.15) is 24.2 Å². The summed E-state index contributed by atoms with van der Waals surface area (Å²) in [5.41, 5.74) is 5.94. The first-order valence-electron chi connectivity index (χ1n) is 8.14. The van der Waals surface area contributed by atoms with E-state index in [0.717, 1.165) is 0 Å². The summed E-state index contributed by atoms with van der Waals surface area (Å²) in [6.07, 6.45) is 0. The molecular weight excluding hydrogens is 461 g/mol. The molecular formula is C17H17Cl2N3O7S. The van der Waals surface area contributed by atoms with Crippen LogP contribution in [0.1, 0.15) is 10.4 Å². The number of benzene rings is 1. The first kappa shape index (κ1) is 23.8. The number of halogens is 2. The number of hydrogen-bond acceptors (Lipinski definition) is 8. The van der Waals surface area contributed by atoms with Crippen molar-refractivity contribution in [1.29, 1.82) is 0 Å². The molecule has 1 saturated heterocycles. The number of carboxylic acids is 2. The van der Waals surface area contributed by atoms with E-state index in [1.165, 1.54) is 49.1 Å². The van der Waals surface area contributed by atoms with Crippen LogP contribution in [-0.4, -0.2) is 70.2 Å². The number of fused-ring (bicyclic) bond motifs is 1. The molecule has 0 aromatic heterocycles. The molecule has 0 saturated carbocycles. The standard InChI is InChI=1S/C10H13N3O5S.C7H4Cl2O2/c1-17-7(12-18-2)4-3-19-9-5(11)8(14)13(9)6(4)10(15)16;8-5-2-1-4(7(10)11)3-6(5)9/h5,9H,3,11H2,1-2H3,(H,15,16);1-3H,(H,10,11)/t5-,9+;/m1./s1. The van der Waals surface area contributed by atoms with Crippen LogP contribution in [0.2, 0.25) is 10.0 Å². The molecule has 13 heteroatoms. The number of hydrogen-bond donors (Lipinski definition) is 3. The van der Waals surface area contributed by atoms with Gasteiger partial charge in [-0.25, -0.2) is 9.59 Å². The Balaban J connectivity index is 0.000000248. The van der Waals surface area contributed by atoms with Crippen LogP contribution in [0, 0.1) is 0 Å². The molecule has 0 spiro atoms. The molecule has 0 radical (unpaired) electrons. The number of carbonyl (C=O) groups is 3. The molecule has 4 N–H and O–H groups in total. The third kappa shape index (κ3) is 4.81. The molecule has 1 amide bonds. The minimum Gasteiger partial charge on any atom is -0.479 e. The first-order valence-corrected chi connectivity index (χ1v) is 9.95. The molecule has 2 atom stereocenters. The molecule has 2 aliphatic rings. The van der Waals surface area contributed by atoms with Crippen LogP contribution in [0.4, 0.5) is 0 Å². The molecule has 0 unspecified atom stereocenters. The number of oxime groups is 1. The monoisotopic (exact) mass is 477 g/mol. The summed E-state index contributed by atoms with van der Waals surface area (Å²) in [7, 11) is 2.67. The van der Waals surface area contributed by atoms with Gasteiger partial charge in [0.05, 0.1) is 28.3 Å². The van der Waals surface area contributed by atoms with E-state index in [1.54, 1.807) is 0 Å². The van der Waals surface area contributed by atoms with Crippen LogP contribution in [0.5, 0.6) is 0 Å². The predicted molar refractivity (Wildman–Crippen MR) is 111 cm³/mol. The van der Waals surface area contributed by atoms with Crippen molar-refractivity contribution in [3.8, 4) is 0 Å². The smallest absolute Gasteiger partial charge is 0.353 e. The molecule has 10 nitrogen and oxygen atoms in total. The average Bonchev–Trinajstić information content (AvgIpc) is 2.72. The maximum atomic E-state index is 11.7.